The van der Waals surface area contributed by atoms with Gasteiger partial charge in [0.2, 0.25) is 15.8 Å². The maximum atomic E-state index is 12.9. The predicted molar refractivity (Wildman–Crippen MR) is 107 cm³/mol. The minimum Gasteiger partial charge on any atom is -0.496 e. The average Bonchev–Trinajstić information content (AvgIpc) is 3.01. The maximum absolute atomic E-state index is 12.9. The van der Waals surface area contributed by atoms with Crippen LogP contribution >= 0.6 is 0 Å². The second-order valence-corrected chi connectivity index (χ2v) is 8.05. The van der Waals surface area contributed by atoms with Crippen molar-refractivity contribution in [3.05, 3.63) is 59.3 Å². The third-order valence-electron chi connectivity index (χ3n) is 4.51. The highest BCUT2D eigenvalue weighted by molar-refractivity contribution is 7.89. The third kappa shape index (κ3) is 4.01. The van der Waals surface area contributed by atoms with Crippen LogP contribution in [-0.4, -0.2) is 38.4 Å². The van der Waals surface area contributed by atoms with E-state index in [2.05, 4.69) is 4.98 Å². The van der Waals surface area contributed by atoms with Gasteiger partial charge in [-0.1, -0.05) is 18.2 Å². The van der Waals surface area contributed by atoms with Crippen LogP contribution in [0.5, 0.6) is 5.75 Å². The lowest BCUT2D eigenvalue weighted by Gasteiger charge is -2.15. The fourth-order valence-corrected chi connectivity index (χ4v) is 3.64. The standard InChI is InChI=1S/C20H20N2O6S/c1-11-18(14-6-4-5-7-16(14)22-11)19(23)12(2)28-20(24)15-10-13(29(21,25)26)8-9-17(15)27-3/h4-10,12,22H,1-3H3,(H2,21,25,26)/t12-/m0/s1. The van der Waals surface area contributed by atoms with E-state index in [1.165, 1.54) is 26.2 Å². The number of hydrogen-bond donors (Lipinski definition) is 2. The van der Waals surface area contributed by atoms with E-state index >= 15 is 0 Å². The highest BCUT2D eigenvalue weighted by atomic mass is 32.2. The zero-order valence-electron chi connectivity index (χ0n) is 16.1. The van der Waals surface area contributed by atoms with Crippen LogP contribution in [0.3, 0.4) is 0 Å². The van der Waals surface area contributed by atoms with Crippen molar-refractivity contribution in [2.45, 2.75) is 24.8 Å². The number of nitrogens with two attached hydrogens (primary N) is 1. The summed E-state index contributed by atoms with van der Waals surface area (Å²) in [5.41, 5.74) is 1.75. The zero-order valence-corrected chi connectivity index (χ0v) is 16.9. The first-order valence-electron chi connectivity index (χ1n) is 8.67. The molecule has 152 valence electrons. The van der Waals surface area contributed by atoms with E-state index in [4.69, 9.17) is 14.6 Å². The Bertz CT molecular complexity index is 1210. The number of fused-ring (bicyclic) bond motifs is 1. The number of Topliss-reactive ketones (excluding diaryl/α,β-unsaturated/α-hetero) is 1. The molecule has 3 aromatic rings. The SMILES string of the molecule is COc1ccc(S(N)(=O)=O)cc1C(=O)O[C@@H](C)C(=O)c1c(C)[nH]c2ccccc12. The molecule has 0 saturated carbocycles. The molecular formula is C20H20N2O6S. The Labute approximate surface area is 167 Å². The normalized spacial score (nSPS) is 12.6. The summed E-state index contributed by atoms with van der Waals surface area (Å²) in [5, 5.41) is 5.85. The fourth-order valence-electron chi connectivity index (χ4n) is 3.10. The van der Waals surface area contributed by atoms with Gasteiger partial charge < -0.3 is 14.5 Å². The molecule has 0 amide bonds. The number of H-pyrrole nitrogens is 1. The van der Waals surface area contributed by atoms with Crippen LogP contribution in [0.15, 0.2) is 47.4 Å². The maximum Gasteiger partial charge on any atom is 0.342 e. The summed E-state index contributed by atoms with van der Waals surface area (Å²) in [7, 11) is -2.70. The van der Waals surface area contributed by atoms with Gasteiger partial charge in [0, 0.05) is 22.2 Å². The number of benzene rings is 2. The van der Waals surface area contributed by atoms with Crippen molar-refractivity contribution in [3.8, 4) is 5.75 Å². The van der Waals surface area contributed by atoms with Gasteiger partial charge in [0.05, 0.1) is 12.0 Å². The van der Waals surface area contributed by atoms with Crippen LogP contribution in [0.2, 0.25) is 0 Å². The zero-order chi connectivity index (χ0) is 21.3. The van der Waals surface area contributed by atoms with Crippen LogP contribution in [0.4, 0.5) is 0 Å². The third-order valence-corrected chi connectivity index (χ3v) is 5.42. The van der Waals surface area contributed by atoms with Crippen molar-refractivity contribution in [1.29, 1.82) is 0 Å². The Morgan fingerprint density at radius 1 is 1.14 bits per heavy atom. The summed E-state index contributed by atoms with van der Waals surface area (Å²) in [6.07, 6.45) is -1.11. The molecule has 0 aliphatic rings. The molecule has 0 fully saturated rings. The van der Waals surface area contributed by atoms with Gasteiger partial charge in [0.25, 0.3) is 0 Å². The molecule has 0 bridgehead atoms. The predicted octanol–water partition coefficient (Wildman–Crippen LogP) is 2.56. The smallest absolute Gasteiger partial charge is 0.342 e. The summed E-state index contributed by atoms with van der Waals surface area (Å²) >= 11 is 0. The number of primary sulfonamides is 1. The van der Waals surface area contributed by atoms with Gasteiger partial charge in [-0.2, -0.15) is 0 Å². The summed E-state index contributed by atoms with van der Waals surface area (Å²) in [4.78, 5) is 28.4. The number of hydrogen-bond acceptors (Lipinski definition) is 6. The van der Waals surface area contributed by atoms with Gasteiger partial charge in [-0.25, -0.2) is 18.4 Å². The van der Waals surface area contributed by atoms with Crippen molar-refractivity contribution in [1.82, 2.24) is 4.98 Å². The molecule has 0 spiro atoms. The molecule has 1 atom stereocenters. The van der Waals surface area contributed by atoms with E-state index in [9.17, 15) is 18.0 Å². The molecule has 0 radical (unpaired) electrons. The van der Waals surface area contributed by atoms with Crippen molar-refractivity contribution in [2.24, 2.45) is 5.14 Å². The van der Waals surface area contributed by atoms with Crippen LogP contribution in [0.25, 0.3) is 10.9 Å². The van der Waals surface area contributed by atoms with Gasteiger partial charge in [0.1, 0.15) is 11.3 Å². The number of aromatic nitrogens is 1. The lowest BCUT2D eigenvalue weighted by molar-refractivity contribution is 0.0316. The van der Waals surface area contributed by atoms with E-state index in [0.717, 1.165) is 17.0 Å². The number of aryl methyl sites for hydroxylation is 1. The van der Waals surface area contributed by atoms with E-state index in [-0.39, 0.29) is 22.0 Å². The second-order valence-electron chi connectivity index (χ2n) is 6.49. The number of para-hydroxylation sites is 1. The first-order chi connectivity index (χ1) is 13.6. The van der Waals surface area contributed by atoms with Gasteiger partial charge in [-0.05, 0) is 38.1 Å². The topological polar surface area (TPSA) is 129 Å². The molecule has 3 rings (SSSR count). The molecule has 2 aromatic carbocycles. The Balaban J connectivity index is 1.91. The van der Waals surface area contributed by atoms with Crippen molar-refractivity contribution in [2.75, 3.05) is 7.11 Å². The number of sulfonamides is 1. The Morgan fingerprint density at radius 3 is 2.48 bits per heavy atom. The van der Waals surface area contributed by atoms with Crippen LogP contribution in [0, 0.1) is 6.92 Å². The van der Waals surface area contributed by atoms with Crippen LogP contribution in [-0.2, 0) is 14.8 Å². The highest BCUT2D eigenvalue weighted by Gasteiger charge is 2.26. The minimum absolute atomic E-state index is 0.102. The van der Waals surface area contributed by atoms with Crippen molar-refractivity contribution >= 4 is 32.7 Å². The van der Waals surface area contributed by atoms with E-state index in [1.807, 2.05) is 18.2 Å². The summed E-state index contributed by atoms with van der Waals surface area (Å²) in [6.45, 7) is 3.22. The number of ketones is 1. The number of esters is 1. The van der Waals surface area contributed by atoms with Crippen molar-refractivity contribution < 1.29 is 27.5 Å². The number of nitrogens with one attached hydrogen (secondary N) is 1. The van der Waals surface area contributed by atoms with Crippen molar-refractivity contribution in [3.63, 3.8) is 0 Å². The largest absolute Gasteiger partial charge is 0.496 e. The number of rotatable bonds is 6. The monoisotopic (exact) mass is 416 g/mol. The molecule has 29 heavy (non-hydrogen) atoms. The molecule has 9 heteroatoms. The van der Waals surface area contributed by atoms with E-state index in [1.54, 1.807) is 13.0 Å². The van der Waals surface area contributed by atoms with Gasteiger partial charge in [-0.15, -0.1) is 0 Å². The fraction of sp³-hybridized carbons (Fsp3) is 0.200. The molecule has 0 aliphatic heterocycles. The van der Waals surface area contributed by atoms with E-state index in [0.29, 0.717) is 11.3 Å². The first kappa shape index (κ1) is 20.6. The summed E-state index contributed by atoms with van der Waals surface area (Å²) in [6, 6.07) is 10.9. The number of carbonyl (C=O) groups excluding carboxylic acids is 2. The Hall–Kier alpha value is -3.17. The molecule has 0 saturated heterocycles. The molecule has 8 nitrogen and oxygen atoms in total. The second kappa shape index (κ2) is 7.69. The summed E-state index contributed by atoms with van der Waals surface area (Å²) < 4.78 is 33.6. The number of ether oxygens (including phenoxy) is 2. The Kier molecular flexibility index (Phi) is 5.45. The molecule has 0 aliphatic carbocycles. The Morgan fingerprint density at radius 2 is 1.83 bits per heavy atom. The van der Waals surface area contributed by atoms with Crippen LogP contribution in [0.1, 0.15) is 33.3 Å². The van der Waals surface area contributed by atoms with Gasteiger partial charge in [0.15, 0.2) is 6.10 Å². The quantitative estimate of drug-likeness (QED) is 0.469. The number of carbonyl (C=O) groups is 2. The van der Waals surface area contributed by atoms with Gasteiger partial charge >= 0.3 is 5.97 Å². The molecular weight excluding hydrogens is 396 g/mol. The average molecular weight is 416 g/mol. The molecule has 1 aromatic heterocycles. The molecule has 0 unspecified atom stereocenters. The number of methoxy groups -OCH3 is 1. The van der Waals surface area contributed by atoms with Crippen LogP contribution < -0.4 is 9.88 Å². The first-order valence-corrected chi connectivity index (χ1v) is 10.2. The number of aromatic amines is 1. The lowest BCUT2D eigenvalue weighted by atomic mass is 10.0. The van der Waals surface area contributed by atoms with E-state index < -0.39 is 22.1 Å². The van der Waals surface area contributed by atoms with Gasteiger partial charge in [-0.3, -0.25) is 4.79 Å². The molecule has 3 N–H and O–H groups in total. The minimum atomic E-state index is -4.03. The lowest BCUT2D eigenvalue weighted by Crippen LogP contribution is -2.25. The molecule has 1 heterocycles. The summed E-state index contributed by atoms with van der Waals surface area (Å²) in [5.74, 6) is -1.18. The highest BCUT2D eigenvalue weighted by Crippen LogP contribution is 2.26.